The van der Waals surface area contributed by atoms with Gasteiger partial charge in [-0.1, -0.05) is 12.1 Å². The Bertz CT molecular complexity index is 582. The number of carboxylic acids is 1. The molecular formula is C18H26N2O5. The van der Waals surface area contributed by atoms with Crippen molar-refractivity contribution in [3.8, 4) is 5.75 Å². The number of nitrogens with zero attached hydrogens (tertiary/aromatic N) is 1. The normalized spacial score (nSPS) is 21.2. The molecule has 0 heterocycles. The van der Waals surface area contributed by atoms with Crippen LogP contribution < -0.4 is 10.1 Å². The number of benzene rings is 1. The van der Waals surface area contributed by atoms with E-state index in [9.17, 15) is 14.7 Å². The molecule has 3 N–H and O–H groups in total. The van der Waals surface area contributed by atoms with E-state index in [2.05, 4.69) is 5.32 Å². The first kappa shape index (κ1) is 19.1. The first-order chi connectivity index (χ1) is 12.0. The Kier molecular flexibility index (Phi) is 6.64. The minimum absolute atomic E-state index is 0.0271. The maximum Gasteiger partial charge on any atom is 0.317 e. The predicted octanol–water partition coefficient (Wildman–Crippen LogP) is 2.01. The molecule has 1 unspecified atom stereocenters. The Labute approximate surface area is 147 Å². The van der Waals surface area contributed by atoms with E-state index in [-0.39, 0.29) is 24.6 Å². The monoisotopic (exact) mass is 350 g/mol. The second kappa shape index (κ2) is 8.71. The van der Waals surface area contributed by atoms with Crippen molar-refractivity contribution in [2.75, 3.05) is 20.8 Å². The van der Waals surface area contributed by atoms with Crippen LogP contribution >= 0.6 is 0 Å². The van der Waals surface area contributed by atoms with Crippen LogP contribution in [0.1, 0.15) is 37.3 Å². The summed E-state index contributed by atoms with van der Waals surface area (Å²) in [5, 5.41) is 21.7. The Morgan fingerprint density at radius 3 is 2.32 bits per heavy atom. The van der Waals surface area contributed by atoms with Gasteiger partial charge in [-0.2, -0.15) is 0 Å². The van der Waals surface area contributed by atoms with Crippen molar-refractivity contribution in [1.29, 1.82) is 0 Å². The first-order valence-corrected chi connectivity index (χ1v) is 8.47. The molecule has 0 aromatic heterocycles. The highest BCUT2D eigenvalue weighted by molar-refractivity contribution is 5.75. The van der Waals surface area contributed by atoms with E-state index in [1.807, 2.05) is 12.1 Å². The number of urea groups is 1. The van der Waals surface area contributed by atoms with Crippen LogP contribution in [0.3, 0.4) is 0 Å². The largest absolute Gasteiger partial charge is 0.497 e. The van der Waals surface area contributed by atoms with E-state index < -0.39 is 12.0 Å². The second-order valence-electron chi connectivity index (χ2n) is 6.42. The lowest BCUT2D eigenvalue weighted by Gasteiger charge is -2.32. The lowest BCUT2D eigenvalue weighted by molar-refractivity contribution is -0.142. The lowest BCUT2D eigenvalue weighted by atomic mass is 9.86. The highest BCUT2D eigenvalue weighted by atomic mass is 16.5. The number of carbonyl (C=O) groups excluding carboxylic acids is 1. The maximum absolute atomic E-state index is 12.5. The SMILES string of the molecule is COc1ccc(C(CO)N(C)C(=O)NC2CCC(C(=O)O)CC2)cc1. The van der Waals surface area contributed by atoms with Gasteiger partial charge in [-0.25, -0.2) is 4.79 Å². The van der Waals surface area contributed by atoms with Gasteiger partial charge in [0, 0.05) is 13.1 Å². The number of amides is 2. The lowest BCUT2D eigenvalue weighted by Crippen LogP contribution is -2.46. The van der Waals surface area contributed by atoms with Crippen molar-refractivity contribution in [1.82, 2.24) is 10.2 Å². The van der Waals surface area contributed by atoms with E-state index in [1.165, 1.54) is 4.90 Å². The fourth-order valence-corrected chi connectivity index (χ4v) is 3.18. The van der Waals surface area contributed by atoms with Gasteiger partial charge in [-0.15, -0.1) is 0 Å². The molecule has 7 nitrogen and oxygen atoms in total. The average Bonchev–Trinajstić information content (AvgIpc) is 2.63. The molecule has 2 amide bonds. The van der Waals surface area contributed by atoms with Gasteiger partial charge in [-0.3, -0.25) is 4.79 Å². The Morgan fingerprint density at radius 1 is 1.24 bits per heavy atom. The van der Waals surface area contributed by atoms with Gasteiger partial charge in [-0.05, 0) is 43.4 Å². The van der Waals surface area contributed by atoms with Gasteiger partial charge in [0.2, 0.25) is 0 Å². The van der Waals surface area contributed by atoms with Gasteiger partial charge in [0.05, 0.1) is 25.7 Å². The summed E-state index contributed by atoms with van der Waals surface area (Å²) >= 11 is 0. The third kappa shape index (κ3) is 4.85. The number of rotatable bonds is 6. The van der Waals surface area contributed by atoms with Crippen molar-refractivity contribution in [2.45, 2.75) is 37.8 Å². The van der Waals surface area contributed by atoms with E-state index in [0.29, 0.717) is 31.4 Å². The molecular weight excluding hydrogens is 324 g/mol. The molecule has 1 aromatic carbocycles. The summed E-state index contributed by atoms with van der Waals surface area (Å²) in [6.45, 7) is -0.192. The third-order valence-electron chi connectivity index (χ3n) is 4.87. The first-order valence-electron chi connectivity index (χ1n) is 8.47. The summed E-state index contributed by atoms with van der Waals surface area (Å²) in [7, 11) is 3.22. The van der Waals surface area contributed by atoms with Crippen LogP contribution in [0.5, 0.6) is 5.75 Å². The smallest absolute Gasteiger partial charge is 0.317 e. The summed E-state index contributed by atoms with van der Waals surface area (Å²) in [5.41, 5.74) is 0.815. The van der Waals surface area contributed by atoms with Crippen LogP contribution in [0.15, 0.2) is 24.3 Å². The molecule has 25 heavy (non-hydrogen) atoms. The predicted molar refractivity (Wildman–Crippen MR) is 92.5 cm³/mol. The number of aliphatic carboxylic acids is 1. The molecule has 0 bridgehead atoms. The van der Waals surface area contributed by atoms with Crippen molar-refractivity contribution in [3.05, 3.63) is 29.8 Å². The molecule has 0 radical (unpaired) electrons. The quantitative estimate of drug-likeness (QED) is 0.729. The number of aliphatic hydroxyl groups excluding tert-OH is 1. The van der Waals surface area contributed by atoms with Gasteiger partial charge < -0.3 is 25.2 Å². The van der Waals surface area contributed by atoms with E-state index in [0.717, 1.165) is 5.56 Å². The Morgan fingerprint density at radius 2 is 1.84 bits per heavy atom. The van der Waals surface area contributed by atoms with Crippen molar-refractivity contribution in [2.24, 2.45) is 5.92 Å². The zero-order chi connectivity index (χ0) is 18.4. The fraction of sp³-hybridized carbons (Fsp3) is 0.556. The zero-order valence-corrected chi connectivity index (χ0v) is 14.6. The van der Waals surface area contributed by atoms with Gasteiger partial charge in [0.15, 0.2) is 0 Å². The van der Waals surface area contributed by atoms with E-state index in [1.54, 1.807) is 26.3 Å². The van der Waals surface area contributed by atoms with E-state index in [4.69, 9.17) is 9.84 Å². The van der Waals surface area contributed by atoms with Gasteiger partial charge in [0.1, 0.15) is 5.75 Å². The number of hydrogen-bond acceptors (Lipinski definition) is 4. The molecule has 0 aliphatic heterocycles. The number of carboxylic acid groups (broad SMARTS) is 1. The van der Waals surface area contributed by atoms with E-state index >= 15 is 0 Å². The van der Waals surface area contributed by atoms with Crippen LogP contribution in [0.25, 0.3) is 0 Å². The van der Waals surface area contributed by atoms with Crippen LogP contribution in [-0.2, 0) is 4.79 Å². The Hall–Kier alpha value is -2.28. The summed E-state index contributed by atoms with van der Waals surface area (Å²) < 4.78 is 5.12. The molecule has 1 aromatic rings. The summed E-state index contributed by atoms with van der Waals surface area (Å²) in [6, 6.07) is 6.47. The fourth-order valence-electron chi connectivity index (χ4n) is 3.18. The summed E-state index contributed by atoms with van der Waals surface area (Å²) in [5.74, 6) is -0.361. The number of carbonyl (C=O) groups is 2. The van der Waals surface area contributed by atoms with Crippen LogP contribution in [-0.4, -0.2) is 53.9 Å². The number of ether oxygens (including phenoxy) is 1. The second-order valence-corrected chi connectivity index (χ2v) is 6.42. The molecule has 0 saturated heterocycles. The molecule has 7 heteroatoms. The summed E-state index contributed by atoms with van der Waals surface area (Å²) in [6.07, 6.45) is 2.46. The number of aliphatic hydroxyl groups is 1. The van der Waals surface area contributed by atoms with Crippen molar-refractivity contribution in [3.63, 3.8) is 0 Å². The zero-order valence-electron chi connectivity index (χ0n) is 14.6. The highest BCUT2D eigenvalue weighted by Crippen LogP contribution is 2.26. The van der Waals surface area contributed by atoms with Crippen molar-refractivity contribution >= 4 is 12.0 Å². The minimum atomic E-state index is -0.762. The molecule has 138 valence electrons. The molecule has 1 aliphatic carbocycles. The van der Waals surface area contributed by atoms with Crippen LogP contribution in [0.2, 0.25) is 0 Å². The number of methoxy groups -OCH3 is 1. The molecule has 1 aliphatic rings. The van der Waals surface area contributed by atoms with Gasteiger partial charge >= 0.3 is 12.0 Å². The standard InChI is InChI=1S/C18H26N2O5/c1-20(16(11-21)12-5-9-15(25-2)10-6-12)18(24)19-14-7-3-13(4-8-14)17(22)23/h5-6,9-10,13-14,16,21H,3-4,7-8,11H2,1-2H3,(H,19,24)(H,22,23). The summed E-state index contributed by atoms with van der Waals surface area (Å²) in [4.78, 5) is 25.0. The molecule has 1 atom stereocenters. The molecule has 2 rings (SSSR count). The minimum Gasteiger partial charge on any atom is -0.497 e. The third-order valence-corrected chi connectivity index (χ3v) is 4.87. The topological polar surface area (TPSA) is 99.1 Å². The average molecular weight is 350 g/mol. The van der Waals surface area contributed by atoms with Gasteiger partial charge in [0.25, 0.3) is 0 Å². The van der Waals surface area contributed by atoms with Crippen LogP contribution in [0, 0.1) is 5.92 Å². The Balaban J connectivity index is 1.94. The van der Waals surface area contributed by atoms with Crippen molar-refractivity contribution < 1.29 is 24.5 Å². The molecule has 0 spiro atoms. The highest BCUT2D eigenvalue weighted by Gasteiger charge is 2.28. The number of nitrogens with one attached hydrogen (secondary N) is 1. The molecule has 1 fully saturated rings. The number of likely N-dealkylation sites (N-methyl/N-ethyl adjacent to an activating group) is 1. The molecule has 1 saturated carbocycles. The maximum atomic E-state index is 12.5. The number of hydrogen-bond donors (Lipinski definition) is 3. The van der Waals surface area contributed by atoms with Crippen LogP contribution in [0.4, 0.5) is 4.79 Å².